The number of aromatic nitrogens is 2. The topological polar surface area (TPSA) is 72.7 Å². The molecule has 0 aliphatic rings. The molecule has 0 saturated carbocycles. The van der Waals surface area contributed by atoms with Crippen LogP contribution in [0.3, 0.4) is 0 Å². The van der Waals surface area contributed by atoms with Crippen molar-refractivity contribution in [2.24, 2.45) is 0 Å². The lowest BCUT2D eigenvalue weighted by Crippen LogP contribution is -2.16. The van der Waals surface area contributed by atoms with Gasteiger partial charge in [0.25, 0.3) is 11.5 Å². The van der Waals surface area contributed by atoms with E-state index in [0.717, 1.165) is 5.56 Å². The van der Waals surface area contributed by atoms with Gasteiger partial charge in [-0.05, 0) is 53.8 Å². The van der Waals surface area contributed by atoms with Crippen LogP contribution in [0.1, 0.15) is 48.0 Å². The summed E-state index contributed by atoms with van der Waals surface area (Å²) in [5.74, 6) is 0.431. The highest BCUT2D eigenvalue weighted by molar-refractivity contribution is 6.04. The first-order chi connectivity index (χ1) is 15.7. The van der Waals surface area contributed by atoms with E-state index in [2.05, 4.69) is 31.1 Å². The van der Waals surface area contributed by atoms with E-state index in [4.69, 9.17) is 4.74 Å². The van der Waals surface area contributed by atoms with E-state index < -0.39 is 0 Å². The molecule has 0 unspecified atom stereocenters. The standard InChI is InChI=1S/C27H27N3O3/c1-18-8-13-21(29-26(32)19-9-11-20(12-10-19)27(2,3)4)15-23(18)33-17-22-16-25(31)30-14-6-5-7-24(30)28-22/h5-16H,17H2,1-4H3,(H,29,32). The van der Waals surface area contributed by atoms with E-state index in [1.54, 1.807) is 24.4 Å². The maximum absolute atomic E-state index is 12.7. The van der Waals surface area contributed by atoms with Crippen LogP contribution in [0.25, 0.3) is 5.65 Å². The molecular formula is C27H27N3O3. The van der Waals surface area contributed by atoms with Crippen LogP contribution in [0.4, 0.5) is 5.69 Å². The summed E-state index contributed by atoms with van der Waals surface area (Å²) >= 11 is 0. The second-order valence-corrected chi connectivity index (χ2v) is 9.06. The van der Waals surface area contributed by atoms with Gasteiger partial charge in [-0.25, -0.2) is 4.98 Å². The lowest BCUT2D eigenvalue weighted by atomic mass is 9.87. The molecule has 0 saturated heterocycles. The molecule has 0 spiro atoms. The number of nitrogens with one attached hydrogen (secondary N) is 1. The number of pyridine rings is 1. The Morgan fingerprint density at radius 3 is 2.52 bits per heavy atom. The van der Waals surface area contributed by atoms with Crippen LogP contribution in [0, 0.1) is 6.92 Å². The van der Waals surface area contributed by atoms with Gasteiger partial charge in [0.15, 0.2) is 0 Å². The minimum atomic E-state index is -0.186. The lowest BCUT2D eigenvalue weighted by molar-refractivity contribution is 0.102. The fourth-order valence-electron chi connectivity index (χ4n) is 3.49. The number of carbonyl (C=O) groups excluding carboxylic acids is 1. The van der Waals surface area contributed by atoms with Crippen LogP contribution >= 0.6 is 0 Å². The number of benzene rings is 2. The highest BCUT2D eigenvalue weighted by Crippen LogP contribution is 2.25. The fraction of sp³-hybridized carbons (Fsp3) is 0.222. The molecule has 2 aromatic carbocycles. The molecule has 0 radical (unpaired) electrons. The predicted molar refractivity (Wildman–Crippen MR) is 130 cm³/mol. The molecule has 2 heterocycles. The number of nitrogens with zero attached hydrogens (tertiary/aromatic N) is 2. The predicted octanol–water partition coefficient (Wildman–Crippen LogP) is 5.13. The van der Waals surface area contributed by atoms with Gasteiger partial charge in [0.05, 0.1) is 5.69 Å². The van der Waals surface area contributed by atoms with Gasteiger partial charge in [0, 0.05) is 29.6 Å². The second kappa shape index (κ2) is 8.90. The number of aryl methyl sites for hydroxylation is 1. The zero-order valence-corrected chi connectivity index (χ0v) is 19.3. The molecule has 0 bridgehead atoms. The number of fused-ring (bicyclic) bond motifs is 1. The smallest absolute Gasteiger partial charge is 0.258 e. The molecule has 0 atom stereocenters. The summed E-state index contributed by atoms with van der Waals surface area (Å²) in [6, 6.07) is 20.0. The average molecular weight is 442 g/mol. The highest BCUT2D eigenvalue weighted by Gasteiger charge is 2.15. The van der Waals surface area contributed by atoms with Crippen LogP contribution < -0.4 is 15.6 Å². The van der Waals surface area contributed by atoms with Gasteiger partial charge in [-0.3, -0.25) is 14.0 Å². The van der Waals surface area contributed by atoms with E-state index in [0.29, 0.717) is 28.3 Å². The molecule has 4 aromatic rings. The summed E-state index contributed by atoms with van der Waals surface area (Å²) in [5.41, 5.74) is 4.29. The molecule has 168 valence electrons. The molecule has 1 N–H and O–H groups in total. The molecule has 6 heteroatoms. The van der Waals surface area contributed by atoms with E-state index in [9.17, 15) is 9.59 Å². The van der Waals surface area contributed by atoms with Crippen LogP contribution in [-0.4, -0.2) is 15.3 Å². The number of carbonyl (C=O) groups is 1. The number of hydrogen-bond donors (Lipinski definition) is 1. The third-order valence-electron chi connectivity index (χ3n) is 5.46. The Kier molecular flexibility index (Phi) is 6.01. The summed E-state index contributed by atoms with van der Waals surface area (Å²) in [6.07, 6.45) is 1.68. The van der Waals surface area contributed by atoms with Crippen molar-refractivity contribution in [2.75, 3.05) is 5.32 Å². The van der Waals surface area contributed by atoms with Crippen LogP contribution in [0.2, 0.25) is 0 Å². The van der Waals surface area contributed by atoms with E-state index in [-0.39, 0.29) is 23.5 Å². The van der Waals surface area contributed by atoms with Crippen LogP contribution in [0.15, 0.2) is 77.7 Å². The summed E-state index contributed by atoms with van der Waals surface area (Å²) < 4.78 is 7.43. The van der Waals surface area contributed by atoms with Crippen molar-refractivity contribution in [3.63, 3.8) is 0 Å². The summed E-state index contributed by atoms with van der Waals surface area (Å²) in [7, 11) is 0. The zero-order valence-electron chi connectivity index (χ0n) is 19.3. The quantitative estimate of drug-likeness (QED) is 0.466. The van der Waals surface area contributed by atoms with Crippen LogP contribution in [0.5, 0.6) is 5.75 Å². The van der Waals surface area contributed by atoms with Crippen molar-refractivity contribution in [2.45, 2.75) is 39.7 Å². The van der Waals surface area contributed by atoms with E-state index >= 15 is 0 Å². The largest absolute Gasteiger partial charge is 0.487 e. The lowest BCUT2D eigenvalue weighted by Gasteiger charge is -2.19. The summed E-state index contributed by atoms with van der Waals surface area (Å²) in [6.45, 7) is 8.49. The number of anilines is 1. The molecule has 4 rings (SSSR count). The van der Waals surface area contributed by atoms with Gasteiger partial charge in [-0.1, -0.05) is 45.0 Å². The van der Waals surface area contributed by atoms with Gasteiger partial charge in [-0.15, -0.1) is 0 Å². The molecule has 0 aliphatic carbocycles. The van der Waals surface area contributed by atoms with Crippen molar-refractivity contribution >= 4 is 17.2 Å². The Labute approximate surface area is 192 Å². The minimum Gasteiger partial charge on any atom is -0.487 e. The Balaban J connectivity index is 1.48. The third-order valence-corrected chi connectivity index (χ3v) is 5.46. The molecule has 0 aliphatic heterocycles. The van der Waals surface area contributed by atoms with Gasteiger partial charge < -0.3 is 10.1 Å². The van der Waals surface area contributed by atoms with Crippen molar-refractivity contribution in [3.05, 3.63) is 106 Å². The molecule has 6 nitrogen and oxygen atoms in total. The van der Waals surface area contributed by atoms with Crippen molar-refractivity contribution in [1.29, 1.82) is 0 Å². The molecule has 0 fully saturated rings. The molecular weight excluding hydrogens is 414 g/mol. The van der Waals surface area contributed by atoms with E-state index in [1.165, 1.54) is 16.0 Å². The number of ether oxygens (including phenoxy) is 1. The number of hydrogen-bond acceptors (Lipinski definition) is 4. The van der Waals surface area contributed by atoms with Gasteiger partial charge in [-0.2, -0.15) is 0 Å². The first-order valence-electron chi connectivity index (χ1n) is 10.8. The number of rotatable bonds is 5. The second-order valence-electron chi connectivity index (χ2n) is 9.06. The summed E-state index contributed by atoms with van der Waals surface area (Å²) in [4.78, 5) is 29.5. The average Bonchev–Trinajstić information content (AvgIpc) is 2.79. The number of amides is 1. The normalized spacial score (nSPS) is 11.4. The minimum absolute atomic E-state index is 0.0314. The van der Waals surface area contributed by atoms with E-state index in [1.807, 2.05) is 49.4 Å². The monoisotopic (exact) mass is 441 g/mol. The Morgan fingerprint density at radius 2 is 1.79 bits per heavy atom. The van der Waals surface area contributed by atoms with Crippen molar-refractivity contribution < 1.29 is 9.53 Å². The van der Waals surface area contributed by atoms with Gasteiger partial charge in [0.1, 0.15) is 18.0 Å². The van der Waals surface area contributed by atoms with Crippen molar-refractivity contribution in [1.82, 2.24) is 9.38 Å². The maximum Gasteiger partial charge on any atom is 0.258 e. The maximum atomic E-state index is 12.7. The SMILES string of the molecule is Cc1ccc(NC(=O)c2ccc(C(C)(C)C)cc2)cc1OCc1cc(=O)n2ccccc2n1. The molecule has 2 aromatic heterocycles. The first-order valence-corrected chi connectivity index (χ1v) is 10.8. The molecule has 33 heavy (non-hydrogen) atoms. The Hall–Kier alpha value is -3.93. The fourth-order valence-corrected chi connectivity index (χ4v) is 3.49. The third kappa shape index (κ3) is 5.12. The first kappa shape index (κ1) is 22.3. The van der Waals surface area contributed by atoms with Gasteiger partial charge in [0.2, 0.25) is 0 Å². The zero-order chi connectivity index (χ0) is 23.6. The van der Waals surface area contributed by atoms with Crippen molar-refractivity contribution in [3.8, 4) is 5.75 Å². The Morgan fingerprint density at radius 1 is 1.03 bits per heavy atom. The Bertz CT molecular complexity index is 1370. The molecule has 1 amide bonds. The summed E-state index contributed by atoms with van der Waals surface area (Å²) in [5, 5.41) is 2.93. The highest BCUT2D eigenvalue weighted by atomic mass is 16.5. The van der Waals surface area contributed by atoms with Gasteiger partial charge >= 0.3 is 0 Å². The van der Waals surface area contributed by atoms with Crippen LogP contribution in [-0.2, 0) is 12.0 Å².